The zero-order valence-corrected chi connectivity index (χ0v) is 10.1. The molecule has 0 aromatic heterocycles. The van der Waals surface area contributed by atoms with Crippen molar-refractivity contribution in [3.8, 4) is 0 Å². The second kappa shape index (κ2) is 5.41. The fourth-order valence-electron chi connectivity index (χ4n) is 1.60. The molecule has 0 bridgehead atoms. The summed E-state index contributed by atoms with van der Waals surface area (Å²) in [5, 5.41) is 9.56. The van der Waals surface area contributed by atoms with E-state index < -0.39 is 6.10 Å². The van der Waals surface area contributed by atoms with Gasteiger partial charge in [-0.15, -0.1) is 0 Å². The Bertz CT molecular complexity index is 363. The number of aryl methyl sites for hydroxylation is 3. The average Bonchev–Trinajstić information content (AvgIpc) is 2.20. The first-order valence-corrected chi connectivity index (χ1v) is 5.61. The van der Waals surface area contributed by atoms with Crippen LogP contribution in [0.15, 0.2) is 12.1 Å². The highest BCUT2D eigenvalue weighted by molar-refractivity contribution is 5.31. The second-order valence-electron chi connectivity index (χ2n) is 4.49. The van der Waals surface area contributed by atoms with Gasteiger partial charge in [-0.1, -0.05) is 6.07 Å². The van der Waals surface area contributed by atoms with Crippen LogP contribution in [0, 0.1) is 19.7 Å². The Hall–Kier alpha value is -0.930. The fourth-order valence-corrected chi connectivity index (χ4v) is 1.60. The summed E-state index contributed by atoms with van der Waals surface area (Å²) in [5.74, 6) is -0.194. The van der Waals surface area contributed by atoms with Gasteiger partial charge in [0, 0.05) is 6.04 Å². The summed E-state index contributed by atoms with van der Waals surface area (Å²) in [6.45, 7) is 5.60. The fraction of sp³-hybridized carbons (Fsp3) is 0.538. The molecule has 2 unspecified atom stereocenters. The molecule has 0 saturated carbocycles. The van der Waals surface area contributed by atoms with Crippen molar-refractivity contribution >= 4 is 0 Å². The lowest BCUT2D eigenvalue weighted by molar-refractivity contribution is 0.141. The molecule has 90 valence electrons. The quantitative estimate of drug-likeness (QED) is 0.824. The van der Waals surface area contributed by atoms with Gasteiger partial charge in [0.1, 0.15) is 5.82 Å². The number of benzene rings is 1. The van der Waals surface area contributed by atoms with Gasteiger partial charge in [0.05, 0.1) is 6.10 Å². The van der Waals surface area contributed by atoms with E-state index in [1.54, 1.807) is 13.0 Å². The standard InChI is InChI=1S/C13H20FNO/c1-8-6-11(12(14)7-9(8)2)4-5-13(16)10(3)15/h6-7,10,13,16H,4-5,15H2,1-3H3. The van der Waals surface area contributed by atoms with E-state index in [9.17, 15) is 9.50 Å². The Kier molecular flexibility index (Phi) is 4.44. The molecule has 1 rings (SSSR count). The molecule has 0 aliphatic carbocycles. The first-order chi connectivity index (χ1) is 7.41. The number of aliphatic hydroxyl groups excluding tert-OH is 1. The molecule has 1 aromatic rings. The van der Waals surface area contributed by atoms with Crippen LogP contribution < -0.4 is 5.73 Å². The highest BCUT2D eigenvalue weighted by Gasteiger charge is 2.11. The summed E-state index contributed by atoms with van der Waals surface area (Å²) in [6.07, 6.45) is 0.452. The van der Waals surface area contributed by atoms with Gasteiger partial charge in [-0.05, 0) is 56.4 Å². The molecule has 0 spiro atoms. The molecule has 1 aromatic carbocycles. The minimum absolute atomic E-state index is 0.194. The lowest BCUT2D eigenvalue weighted by Gasteiger charge is -2.15. The summed E-state index contributed by atoms with van der Waals surface area (Å²) < 4.78 is 13.6. The molecule has 0 aliphatic rings. The highest BCUT2D eigenvalue weighted by Crippen LogP contribution is 2.17. The van der Waals surface area contributed by atoms with Gasteiger partial charge in [0.25, 0.3) is 0 Å². The Balaban J connectivity index is 2.71. The lowest BCUT2D eigenvalue weighted by Crippen LogP contribution is -2.31. The van der Waals surface area contributed by atoms with Crippen LogP contribution in [0.4, 0.5) is 4.39 Å². The van der Waals surface area contributed by atoms with E-state index in [1.807, 2.05) is 19.9 Å². The van der Waals surface area contributed by atoms with Crippen LogP contribution in [0.2, 0.25) is 0 Å². The number of aliphatic hydroxyl groups is 1. The maximum Gasteiger partial charge on any atom is 0.126 e. The molecule has 0 aliphatic heterocycles. The van der Waals surface area contributed by atoms with E-state index in [2.05, 4.69) is 0 Å². The summed E-state index contributed by atoms with van der Waals surface area (Å²) in [4.78, 5) is 0. The van der Waals surface area contributed by atoms with Crippen LogP contribution in [-0.4, -0.2) is 17.3 Å². The second-order valence-corrected chi connectivity index (χ2v) is 4.49. The van der Waals surface area contributed by atoms with Crippen molar-refractivity contribution in [3.05, 3.63) is 34.6 Å². The summed E-state index contributed by atoms with van der Waals surface area (Å²) in [5.41, 5.74) is 8.23. The smallest absolute Gasteiger partial charge is 0.126 e. The van der Waals surface area contributed by atoms with Crippen LogP contribution in [0.25, 0.3) is 0 Å². The number of hydrogen-bond acceptors (Lipinski definition) is 2. The summed E-state index contributed by atoms with van der Waals surface area (Å²) in [7, 11) is 0. The van der Waals surface area contributed by atoms with E-state index in [0.717, 1.165) is 11.1 Å². The molecular weight excluding hydrogens is 205 g/mol. The number of nitrogens with two attached hydrogens (primary N) is 1. The molecular formula is C13H20FNO. The largest absolute Gasteiger partial charge is 0.392 e. The van der Waals surface area contributed by atoms with E-state index in [4.69, 9.17) is 5.73 Å². The Morgan fingerprint density at radius 3 is 2.44 bits per heavy atom. The van der Waals surface area contributed by atoms with E-state index in [-0.39, 0.29) is 11.9 Å². The molecule has 3 N–H and O–H groups in total. The molecule has 0 amide bonds. The van der Waals surface area contributed by atoms with Crippen molar-refractivity contribution in [3.63, 3.8) is 0 Å². The molecule has 0 saturated heterocycles. The van der Waals surface area contributed by atoms with Gasteiger partial charge >= 0.3 is 0 Å². The van der Waals surface area contributed by atoms with Gasteiger partial charge < -0.3 is 10.8 Å². The van der Waals surface area contributed by atoms with Gasteiger partial charge in [-0.3, -0.25) is 0 Å². The van der Waals surface area contributed by atoms with E-state index in [1.165, 1.54) is 0 Å². The number of hydrogen-bond donors (Lipinski definition) is 2. The molecule has 0 radical (unpaired) electrons. The van der Waals surface area contributed by atoms with Crippen molar-refractivity contribution < 1.29 is 9.50 Å². The maximum absolute atomic E-state index is 13.6. The summed E-state index contributed by atoms with van der Waals surface area (Å²) >= 11 is 0. The van der Waals surface area contributed by atoms with Crippen LogP contribution >= 0.6 is 0 Å². The number of halogens is 1. The zero-order valence-electron chi connectivity index (χ0n) is 10.1. The molecule has 0 fully saturated rings. The third-order valence-corrected chi connectivity index (χ3v) is 2.98. The highest BCUT2D eigenvalue weighted by atomic mass is 19.1. The first-order valence-electron chi connectivity index (χ1n) is 5.61. The van der Waals surface area contributed by atoms with Crippen molar-refractivity contribution in [2.24, 2.45) is 5.73 Å². The van der Waals surface area contributed by atoms with Crippen LogP contribution in [0.5, 0.6) is 0 Å². The van der Waals surface area contributed by atoms with Crippen LogP contribution in [0.1, 0.15) is 30.0 Å². The zero-order chi connectivity index (χ0) is 12.3. The maximum atomic E-state index is 13.6. The molecule has 2 nitrogen and oxygen atoms in total. The minimum Gasteiger partial charge on any atom is -0.392 e. The Morgan fingerprint density at radius 2 is 1.88 bits per heavy atom. The third kappa shape index (κ3) is 3.29. The predicted molar refractivity (Wildman–Crippen MR) is 63.9 cm³/mol. The van der Waals surface area contributed by atoms with Gasteiger partial charge in [0.2, 0.25) is 0 Å². The lowest BCUT2D eigenvalue weighted by atomic mass is 9.99. The van der Waals surface area contributed by atoms with Crippen LogP contribution in [0.3, 0.4) is 0 Å². The summed E-state index contributed by atoms with van der Waals surface area (Å²) in [6, 6.07) is 3.12. The molecule has 2 atom stereocenters. The molecule has 0 heterocycles. The van der Waals surface area contributed by atoms with Gasteiger partial charge in [-0.2, -0.15) is 0 Å². The van der Waals surface area contributed by atoms with Crippen molar-refractivity contribution in [1.82, 2.24) is 0 Å². The minimum atomic E-state index is -0.569. The molecule has 3 heteroatoms. The van der Waals surface area contributed by atoms with Crippen molar-refractivity contribution in [2.75, 3.05) is 0 Å². The predicted octanol–water partition coefficient (Wildman–Crippen LogP) is 2.08. The number of rotatable bonds is 4. The third-order valence-electron chi connectivity index (χ3n) is 2.98. The van der Waals surface area contributed by atoms with Gasteiger partial charge in [-0.25, -0.2) is 4.39 Å². The molecule has 16 heavy (non-hydrogen) atoms. The topological polar surface area (TPSA) is 46.2 Å². The van der Waals surface area contributed by atoms with Gasteiger partial charge in [0.15, 0.2) is 0 Å². The Labute approximate surface area is 96.3 Å². The SMILES string of the molecule is Cc1cc(F)c(CCC(O)C(C)N)cc1C. The van der Waals surface area contributed by atoms with Crippen LogP contribution in [-0.2, 0) is 6.42 Å². The van der Waals surface area contributed by atoms with Crippen molar-refractivity contribution in [2.45, 2.75) is 45.8 Å². The first kappa shape index (κ1) is 13.1. The Morgan fingerprint density at radius 1 is 1.31 bits per heavy atom. The van der Waals surface area contributed by atoms with E-state index in [0.29, 0.717) is 18.4 Å². The van der Waals surface area contributed by atoms with E-state index >= 15 is 0 Å². The normalized spacial score (nSPS) is 14.9. The monoisotopic (exact) mass is 225 g/mol. The van der Waals surface area contributed by atoms with Crippen molar-refractivity contribution in [1.29, 1.82) is 0 Å². The average molecular weight is 225 g/mol.